The second-order valence-electron chi connectivity index (χ2n) is 6.91. The molecule has 3 unspecified atom stereocenters. The topological polar surface area (TPSA) is 95.9 Å². The Morgan fingerprint density at radius 1 is 0.846 bits per heavy atom. The van der Waals surface area contributed by atoms with Crippen molar-refractivity contribution in [1.29, 1.82) is 0 Å². The van der Waals surface area contributed by atoms with Crippen molar-refractivity contribution >= 4 is 213 Å². The molecule has 0 aliphatic carbocycles. The van der Waals surface area contributed by atoms with E-state index in [4.69, 9.17) is 9.63 Å². The summed E-state index contributed by atoms with van der Waals surface area (Å²) >= 11 is 4.06. The van der Waals surface area contributed by atoms with Crippen molar-refractivity contribution in [3.05, 3.63) is 0 Å². The van der Waals surface area contributed by atoms with E-state index in [0.717, 1.165) is 0 Å². The van der Waals surface area contributed by atoms with Crippen molar-refractivity contribution in [3.63, 3.8) is 0 Å². The molecule has 0 radical (unpaired) electrons. The summed E-state index contributed by atoms with van der Waals surface area (Å²) in [6, 6.07) is -0.254. The van der Waals surface area contributed by atoms with Gasteiger partial charge in [0.25, 0.3) is 7.82 Å². The molecule has 0 aliphatic rings. The van der Waals surface area contributed by atoms with Crippen LogP contribution >= 0.6 is 207 Å². The van der Waals surface area contributed by atoms with Gasteiger partial charge < -0.3 is 23.5 Å². The predicted molar refractivity (Wildman–Crippen MR) is 220 cm³/mol. The number of nitrogens with zero attached hydrogens (tertiary/aromatic N) is 1. The molecule has 0 amide bonds. The van der Waals surface area contributed by atoms with Crippen LogP contribution in [0.15, 0.2) is 0 Å². The molecule has 0 spiro atoms. The molecule has 0 rings (SSSR count). The lowest BCUT2D eigenvalue weighted by molar-refractivity contribution is -0.896. The molecule has 3 atom stereocenters. The van der Waals surface area contributed by atoms with Gasteiger partial charge in [0.15, 0.2) is 0 Å². The number of rotatable bonds is 28. The molecule has 7 nitrogen and oxygen atoms in total. The van der Waals surface area contributed by atoms with E-state index in [1.165, 1.54) is 9.83 Å². The third-order valence-electron chi connectivity index (χ3n) is 3.46. The summed E-state index contributed by atoms with van der Waals surface area (Å²) in [5.41, 5.74) is 0. The van der Waals surface area contributed by atoms with Gasteiger partial charge in [0.05, 0.1) is 33.7 Å². The molecule has 0 aromatic heterocycles. The van der Waals surface area contributed by atoms with Crippen LogP contribution in [-0.4, -0.2) is 61.5 Å². The maximum absolute atomic E-state index is 12.3. The number of thiol groups is 1. The fraction of sp³-hybridized carbons (Fsp3) is 0.909. The van der Waals surface area contributed by atoms with Crippen LogP contribution in [0.4, 0.5) is 0 Å². The van der Waals surface area contributed by atoms with E-state index in [-0.39, 0.29) is 31.1 Å². The van der Waals surface area contributed by atoms with Crippen molar-refractivity contribution in [3.8, 4) is 0 Å². The first-order valence-electron chi connectivity index (χ1n) is 9.40. The number of phosphoric acid groups is 1. The molecular weight excluding hydrogens is 914 g/mol. The fourth-order valence-electron chi connectivity index (χ4n) is 1.71. The molecule has 0 aromatic carbocycles. The normalized spacial score (nSPS) is 15.2. The van der Waals surface area contributed by atoms with Gasteiger partial charge >= 0.3 is 5.97 Å². The van der Waals surface area contributed by atoms with Crippen molar-refractivity contribution < 1.29 is 32.9 Å². The number of phosphoric ester groups is 1. The Morgan fingerprint density at radius 3 is 1.64 bits per heavy atom. The molecule has 0 saturated carbocycles. The molecule has 0 aromatic rings. The smallest absolute Gasteiger partial charge is 0.309 e. The average Bonchev–Trinajstić information content (AvgIpc) is 2.85. The largest absolute Gasteiger partial charge is 0.756 e. The van der Waals surface area contributed by atoms with Crippen LogP contribution in [0.5, 0.6) is 0 Å². The van der Waals surface area contributed by atoms with E-state index in [1.54, 1.807) is 178 Å². The van der Waals surface area contributed by atoms with Gasteiger partial charge in [-0.05, 0) is 157 Å². The first kappa shape index (κ1) is 45.5. The van der Waals surface area contributed by atoms with Gasteiger partial charge in [-0.1, -0.05) is 29.4 Å². The standard InChI is InChI=1S/C11H24NO6PS20/c1-9(11(13)17-6-5-10(12(2,3)4)7-18-19(14,15)16)8-21-23-25-27-29-31-33-35-37-39-38-36-34-32-30-28-26-24-22-20/h9-10H,5-8H2,1-4H3,(H2-,14,15,16,20). The lowest BCUT2D eigenvalue weighted by Crippen LogP contribution is -2.48. The van der Waals surface area contributed by atoms with Gasteiger partial charge in [0, 0.05) is 31.8 Å². The number of carbonyl (C=O) groups is 1. The quantitative estimate of drug-likeness (QED) is 0.0194. The van der Waals surface area contributed by atoms with Crippen LogP contribution in [0.1, 0.15) is 13.3 Å². The van der Waals surface area contributed by atoms with Crippen LogP contribution < -0.4 is 4.89 Å². The number of likely N-dealkylation sites (N-methyl/N-ethyl adjacent to an activating group) is 1. The Morgan fingerprint density at radius 2 is 1.26 bits per heavy atom. The predicted octanol–water partition coefficient (Wildman–Crippen LogP) is 12.4. The van der Waals surface area contributed by atoms with Crippen LogP contribution in [0.3, 0.4) is 0 Å². The molecule has 0 heterocycles. The molecule has 0 bridgehead atoms. The SMILES string of the molecule is CC(CSSSSSSSSSSSSSSSSSSSS)C(=O)OCCC(COP(=O)([O-])O)[N+](C)(C)C. The highest BCUT2D eigenvalue weighted by molar-refractivity contribution is 9.58. The number of ether oxygens (including phenoxy) is 1. The van der Waals surface area contributed by atoms with Gasteiger partial charge in [0.1, 0.15) is 12.6 Å². The zero-order valence-corrected chi connectivity index (χ0v) is 37.4. The molecular formula is C11H24NO6PS20. The van der Waals surface area contributed by atoms with E-state index in [2.05, 4.69) is 16.2 Å². The molecule has 0 fully saturated rings. The Labute approximate surface area is 306 Å². The molecule has 234 valence electrons. The minimum Gasteiger partial charge on any atom is -0.756 e. The Bertz CT molecular complexity index is 648. The summed E-state index contributed by atoms with van der Waals surface area (Å²) in [7, 11) is 33.3. The summed E-state index contributed by atoms with van der Waals surface area (Å²) in [5.74, 6) is 0.105. The van der Waals surface area contributed by atoms with E-state index < -0.39 is 7.82 Å². The van der Waals surface area contributed by atoms with E-state index in [9.17, 15) is 14.3 Å². The maximum atomic E-state index is 12.3. The maximum Gasteiger partial charge on any atom is 0.309 e. The summed E-state index contributed by atoms with van der Waals surface area (Å²) in [6.07, 6.45) is 0.420. The third-order valence-corrected chi connectivity index (χ3v) is 44.2. The second-order valence-corrected chi connectivity index (χ2v) is 41.4. The fourth-order valence-corrected chi connectivity index (χ4v) is 49.5. The number of esters is 1. The number of carbonyl (C=O) groups excluding carboxylic acids is 1. The molecule has 28 heteroatoms. The van der Waals surface area contributed by atoms with Crippen molar-refractivity contribution in [2.75, 3.05) is 40.1 Å². The molecule has 0 aliphatic heterocycles. The average molecular weight is 939 g/mol. The summed E-state index contributed by atoms with van der Waals surface area (Å²) in [5, 5.41) is 0. The number of hydrogen-bond donors (Lipinski definition) is 2. The Kier molecular flexibility index (Phi) is 35.7. The first-order chi connectivity index (χ1) is 18.5. The molecule has 39 heavy (non-hydrogen) atoms. The van der Waals surface area contributed by atoms with Crippen LogP contribution in [0.25, 0.3) is 0 Å². The van der Waals surface area contributed by atoms with Gasteiger partial charge in [-0.2, -0.15) is 0 Å². The monoisotopic (exact) mass is 937 g/mol. The highest BCUT2D eigenvalue weighted by Gasteiger charge is 2.26. The molecule has 0 saturated heterocycles. The Balaban J connectivity index is 3.60. The lowest BCUT2D eigenvalue weighted by atomic mass is 10.2. The summed E-state index contributed by atoms with van der Waals surface area (Å²) in [6.45, 7) is 1.82. The van der Waals surface area contributed by atoms with Gasteiger partial charge in [-0.15, -0.1) is 0 Å². The van der Waals surface area contributed by atoms with Crippen LogP contribution in [0, 0.1) is 5.92 Å². The summed E-state index contributed by atoms with van der Waals surface area (Å²) in [4.78, 5) is 32.0. The van der Waals surface area contributed by atoms with Crippen molar-refractivity contribution in [2.24, 2.45) is 5.92 Å². The second kappa shape index (κ2) is 30.6. The highest BCUT2D eigenvalue weighted by Crippen LogP contribution is 2.64. The van der Waals surface area contributed by atoms with Gasteiger partial charge in [0.2, 0.25) is 0 Å². The van der Waals surface area contributed by atoms with E-state index >= 15 is 0 Å². The Hall–Kier alpha value is 6.54. The first-order valence-corrected chi connectivity index (χ1v) is 36.9. The highest BCUT2D eigenvalue weighted by atomic mass is 34.1. The zero-order valence-electron chi connectivity index (χ0n) is 20.1. The van der Waals surface area contributed by atoms with Crippen LogP contribution in [-0.2, 0) is 18.6 Å². The van der Waals surface area contributed by atoms with Crippen molar-refractivity contribution in [1.82, 2.24) is 0 Å². The van der Waals surface area contributed by atoms with Gasteiger partial charge in [-0.3, -0.25) is 9.36 Å². The van der Waals surface area contributed by atoms with E-state index in [0.29, 0.717) is 16.7 Å². The van der Waals surface area contributed by atoms with E-state index in [1.807, 2.05) is 28.1 Å². The number of hydrogen-bond acceptors (Lipinski definition) is 25. The minimum atomic E-state index is -4.78. The zero-order chi connectivity index (χ0) is 29.4. The van der Waals surface area contributed by atoms with Crippen molar-refractivity contribution in [2.45, 2.75) is 19.4 Å². The third kappa shape index (κ3) is 32.8. The number of quaternary nitrogens is 1. The minimum absolute atomic E-state index is 0.160. The van der Waals surface area contributed by atoms with Gasteiger partial charge in [-0.25, -0.2) is 0 Å². The molecule has 1 N–H and O–H groups in total. The summed E-state index contributed by atoms with van der Waals surface area (Å²) < 4.78 is 21.2. The van der Waals surface area contributed by atoms with Crippen LogP contribution in [0.2, 0.25) is 0 Å². The lowest BCUT2D eigenvalue weighted by Gasteiger charge is -2.34.